The molecule has 0 N–H and O–H groups in total. The second kappa shape index (κ2) is 12.9. The lowest BCUT2D eigenvalue weighted by Gasteiger charge is -2.38. The Morgan fingerprint density at radius 1 is 0.593 bits per heavy atom. The molecule has 54 heavy (non-hydrogen) atoms. The number of pyridine rings is 1. The minimum atomic E-state index is 0.285. The van der Waals surface area contributed by atoms with Crippen LogP contribution in [0.4, 0.5) is 0 Å². The average Bonchev–Trinajstić information content (AvgIpc) is 3.79. The SMILES string of the molecule is CC1(c2ccc(-c3ccc(-c4nc(-c5ccc(-c6ccc(C#N)cc6)cc5)nc(-c5cccc6c5oc5ncccc56)n4)cc3)cc2)C[C@@H]2CC[C@@H](C2)C1. The lowest BCUT2D eigenvalue weighted by atomic mass is 9.66. The first-order valence-electron chi connectivity index (χ1n) is 18.8. The fourth-order valence-electron chi connectivity index (χ4n) is 9.13. The molecule has 5 aromatic carbocycles. The third kappa shape index (κ3) is 5.74. The van der Waals surface area contributed by atoms with Crippen molar-refractivity contribution in [1.82, 2.24) is 19.9 Å². The monoisotopic (exact) mass is 699 g/mol. The van der Waals surface area contributed by atoms with E-state index in [2.05, 4.69) is 78.6 Å². The van der Waals surface area contributed by atoms with Crippen molar-refractivity contribution in [1.29, 1.82) is 5.26 Å². The first-order chi connectivity index (χ1) is 26.5. The standard InChI is InChI=1S/C48H37N5O/c1-48(27-31-7-8-32(26-31)28-48)39-23-21-36(22-24-39)35-15-19-38(20-16-35)45-51-44(37-17-13-34(14-18-37)33-11-9-30(29-49)10-12-33)52-46(53-45)42-5-2-4-40-41-6-3-25-50-47(41)54-43(40)42/h2-6,9-25,31-32H,7-8,26-28H2,1H3/t31-,32+,48?. The van der Waals surface area contributed by atoms with Crippen LogP contribution in [0.2, 0.25) is 0 Å². The van der Waals surface area contributed by atoms with Crippen LogP contribution >= 0.6 is 0 Å². The van der Waals surface area contributed by atoms with E-state index in [9.17, 15) is 5.26 Å². The minimum absolute atomic E-state index is 0.285. The molecule has 2 aliphatic carbocycles. The summed E-state index contributed by atoms with van der Waals surface area (Å²) in [5.41, 5.74) is 10.7. The molecule has 10 rings (SSSR count). The summed E-state index contributed by atoms with van der Waals surface area (Å²) in [6.45, 7) is 2.48. The lowest BCUT2D eigenvalue weighted by Crippen LogP contribution is -2.30. The van der Waals surface area contributed by atoms with Gasteiger partial charge in [0.2, 0.25) is 5.71 Å². The Bertz CT molecular complexity index is 2690. The number of fused-ring (bicyclic) bond motifs is 5. The van der Waals surface area contributed by atoms with Crippen LogP contribution in [-0.4, -0.2) is 19.9 Å². The molecule has 0 spiro atoms. The normalized spacial score (nSPS) is 19.3. The Labute approximate surface area is 314 Å². The van der Waals surface area contributed by atoms with Gasteiger partial charge in [0.05, 0.1) is 17.2 Å². The third-order valence-electron chi connectivity index (χ3n) is 11.8. The van der Waals surface area contributed by atoms with Gasteiger partial charge in [-0.15, -0.1) is 0 Å². The second-order valence-electron chi connectivity index (χ2n) is 15.4. The lowest BCUT2D eigenvalue weighted by molar-refractivity contribution is 0.232. The van der Waals surface area contributed by atoms with Gasteiger partial charge in [-0.25, -0.2) is 19.9 Å². The number of nitrogens with zero attached hydrogens (tertiary/aromatic N) is 5. The minimum Gasteiger partial charge on any atom is -0.437 e. The van der Waals surface area contributed by atoms with Crippen molar-refractivity contribution < 1.29 is 4.42 Å². The summed E-state index contributed by atoms with van der Waals surface area (Å²) in [5.74, 6) is 3.47. The first kappa shape index (κ1) is 32.2. The smallest absolute Gasteiger partial charge is 0.227 e. The molecule has 0 aliphatic heterocycles. The van der Waals surface area contributed by atoms with Crippen molar-refractivity contribution in [2.75, 3.05) is 0 Å². The maximum absolute atomic E-state index is 9.23. The highest BCUT2D eigenvalue weighted by Crippen LogP contribution is 2.51. The van der Waals surface area contributed by atoms with Gasteiger partial charge >= 0.3 is 0 Å². The highest BCUT2D eigenvalue weighted by atomic mass is 16.3. The number of nitriles is 1. The Kier molecular flexibility index (Phi) is 7.69. The predicted molar refractivity (Wildman–Crippen MR) is 214 cm³/mol. The number of aromatic nitrogens is 4. The molecule has 0 saturated heterocycles. The summed E-state index contributed by atoms with van der Waals surface area (Å²) in [6, 6.07) is 45.8. The summed E-state index contributed by atoms with van der Waals surface area (Å²) in [4.78, 5) is 19.6. The highest BCUT2D eigenvalue weighted by molar-refractivity contribution is 6.08. The fraction of sp³-hybridized carbons (Fsp3) is 0.188. The molecule has 2 saturated carbocycles. The van der Waals surface area contributed by atoms with Gasteiger partial charge in [-0.2, -0.15) is 5.26 Å². The highest BCUT2D eigenvalue weighted by Gasteiger charge is 2.41. The molecule has 2 fully saturated rings. The first-order valence-corrected chi connectivity index (χ1v) is 18.8. The average molecular weight is 700 g/mol. The van der Waals surface area contributed by atoms with Crippen molar-refractivity contribution in [3.8, 4) is 62.5 Å². The van der Waals surface area contributed by atoms with Crippen LogP contribution in [0.3, 0.4) is 0 Å². The summed E-state index contributed by atoms with van der Waals surface area (Å²) >= 11 is 0. The van der Waals surface area contributed by atoms with Crippen molar-refractivity contribution in [3.05, 3.63) is 145 Å². The second-order valence-corrected chi connectivity index (χ2v) is 15.4. The Morgan fingerprint density at radius 2 is 1.11 bits per heavy atom. The van der Waals surface area contributed by atoms with E-state index in [0.29, 0.717) is 34.3 Å². The molecule has 6 nitrogen and oxygen atoms in total. The number of hydrogen-bond donors (Lipinski definition) is 0. The zero-order chi connectivity index (χ0) is 36.2. The van der Waals surface area contributed by atoms with Crippen molar-refractivity contribution in [2.24, 2.45) is 11.8 Å². The van der Waals surface area contributed by atoms with Gasteiger partial charge < -0.3 is 4.42 Å². The van der Waals surface area contributed by atoms with Gasteiger partial charge in [-0.3, -0.25) is 0 Å². The number of hydrogen-bond acceptors (Lipinski definition) is 6. The van der Waals surface area contributed by atoms with Crippen LogP contribution in [0.1, 0.15) is 50.2 Å². The molecule has 3 heterocycles. The molecular formula is C48H37N5O. The number of furan rings is 1. The van der Waals surface area contributed by atoms with Crippen LogP contribution in [0.25, 0.3) is 78.5 Å². The van der Waals surface area contributed by atoms with E-state index < -0.39 is 0 Å². The van der Waals surface area contributed by atoms with Crippen LogP contribution in [0.5, 0.6) is 0 Å². The molecule has 2 bridgehead atoms. The number of benzene rings is 5. The van der Waals surface area contributed by atoms with Gasteiger partial charge in [0.1, 0.15) is 5.58 Å². The van der Waals surface area contributed by atoms with E-state index in [0.717, 1.165) is 56.0 Å². The van der Waals surface area contributed by atoms with Gasteiger partial charge in [0.25, 0.3) is 0 Å². The molecule has 2 aliphatic rings. The third-order valence-corrected chi connectivity index (χ3v) is 11.8. The molecule has 0 radical (unpaired) electrons. The van der Waals surface area contributed by atoms with Crippen molar-refractivity contribution in [3.63, 3.8) is 0 Å². The fourth-order valence-corrected chi connectivity index (χ4v) is 9.13. The van der Waals surface area contributed by atoms with Gasteiger partial charge in [-0.1, -0.05) is 117 Å². The maximum atomic E-state index is 9.23. The quantitative estimate of drug-likeness (QED) is 0.172. The van der Waals surface area contributed by atoms with Gasteiger partial charge in [-0.05, 0) is 94.7 Å². The Morgan fingerprint density at radius 3 is 1.70 bits per heavy atom. The van der Waals surface area contributed by atoms with Gasteiger partial charge in [0.15, 0.2) is 17.5 Å². The molecular weight excluding hydrogens is 663 g/mol. The number of para-hydroxylation sites is 1. The largest absolute Gasteiger partial charge is 0.437 e. The molecule has 6 heteroatoms. The number of rotatable bonds is 6. The van der Waals surface area contributed by atoms with Crippen LogP contribution in [-0.2, 0) is 5.41 Å². The molecule has 3 atom stereocenters. The van der Waals surface area contributed by atoms with E-state index in [1.807, 2.05) is 66.7 Å². The Hall–Kier alpha value is -6.45. The summed E-state index contributed by atoms with van der Waals surface area (Å²) in [7, 11) is 0. The van der Waals surface area contributed by atoms with Crippen LogP contribution in [0, 0.1) is 23.2 Å². The molecule has 0 amide bonds. The van der Waals surface area contributed by atoms with E-state index in [4.69, 9.17) is 19.4 Å². The van der Waals surface area contributed by atoms with Crippen molar-refractivity contribution >= 4 is 22.1 Å². The zero-order valence-electron chi connectivity index (χ0n) is 30.0. The topological polar surface area (TPSA) is 88.5 Å². The molecule has 260 valence electrons. The van der Waals surface area contributed by atoms with E-state index in [1.54, 1.807) is 6.20 Å². The maximum Gasteiger partial charge on any atom is 0.227 e. The molecule has 3 aromatic heterocycles. The summed E-state index contributed by atoms with van der Waals surface area (Å²) in [5, 5.41) is 11.1. The Balaban J connectivity index is 1.02. The summed E-state index contributed by atoms with van der Waals surface area (Å²) < 4.78 is 6.31. The van der Waals surface area contributed by atoms with Crippen LogP contribution < -0.4 is 0 Å². The predicted octanol–water partition coefficient (Wildman–Crippen LogP) is 11.8. The van der Waals surface area contributed by atoms with Crippen LogP contribution in [0.15, 0.2) is 138 Å². The van der Waals surface area contributed by atoms with Gasteiger partial charge in [0, 0.05) is 28.1 Å². The van der Waals surface area contributed by atoms with E-state index in [1.165, 1.54) is 43.2 Å². The van der Waals surface area contributed by atoms with E-state index >= 15 is 0 Å². The molecule has 8 aromatic rings. The molecule has 1 unspecified atom stereocenters. The summed E-state index contributed by atoms with van der Waals surface area (Å²) in [6.07, 6.45) is 8.63. The van der Waals surface area contributed by atoms with Crippen molar-refractivity contribution in [2.45, 2.75) is 44.4 Å². The van der Waals surface area contributed by atoms with E-state index in [-0.39, 0.29) is 5.41 Å². The zero-order valence-corrected chi connectivity index (χ0v) is 30.0.